The number of thioether (sulfide) groups is 1. The Hall–Kier alpha value is -3.01. The number of nitrogens with one attached hydrogen (secondary N) is 1. The second-order valence-corrected chi connectivity index (χ2v) is 6.92. The van der Waals surface area contributed by atoms with Crippen molar-refractivity contribution < 1.29 is 22.7 Å². The van der Waals surface area contributed by atoms with E-state index < -0.39 is 11.7 Å². The van der Waals surface area contributed by atoms with E-state index in [4.69, 9.17) is 4.74 Å². The minimum Gasteiger partial charge on any atom is -0.496 e. The van der Waals surface area contributed by atoms with E-state index in [9.17, 15) is 18.0 Å². The van der Waals surface area contributed by atoms with Gasteiger partial charge in [0.25, 0.3) is 0 Å². The summed E-state index contributed by atoms with van der Waals surface area (Å²) >= 11 is 1.17. The summed E-state index contributed by atoms with van der Waals surface area (Å²) < 4.78 is 44.8. The molecule has 3 aromatic rings. The summed E-state index contributed by atoms with van der Waals surface area (Å²) in [4.78, 5) is 12.1. The van der Waals surface area contributed by atoms with Crippen molar-refractivity contribution in [3.05, 3.63) is 54.1 Å². The highest BCUT2D eigenvalue weighted by molar-refractivity contribution is 7.99. The van der Waals surface area contributed by atoms with Gasteiger partial charge in [-0.3, -0.25) is 4.79 Å². The third-order valence-electron chi connectivity index (χ3n) is 4.01. The van der Waals surface area contributed by atoms with Crippen LogP contribution >= 0.6 is 11.8 Å². The lowest BCUT2D eigenvalue weighted by Crippen LogP contribution is -2.14. The van der Waals surface area contributed by atoms with E-state index in [0.717, 1.165) is 17.7 Å². The van der Waals surface area contributed by atoms with Crippen molar-refractivity contribution in [1.29, 1.82) is 0 Å². The van der Waals surface area contributed by atoms with Gasteiger partial charge in [0.15, 0.2) is 11.0 Å². The van der Waals surface area contributed by atoms with Gasteiger partial charge in [-0.2, -0.15) is 13.2 Å². The number of hydrogen-bond donors (Lipinski definition) is 1. The number of ether oxygens (including phenoxy) is 1. The molecule has 10 heteroatoms. The van der Waals surface area contributed by atoms with Gasteiger partial charge in [-0.15, -0.1) is 10.2 Å². The molecule has 0 radical (unpaired) electrons. The Bertz CT molecular complexity index is 1000. The number of halogens is 3. The van der Waals surface area contributed by atoms with Crippen LogP contribution in [0.5, 0.6) is 5.75 Å². The molecule has 1 amide bonds. The van der Waals surface area contributed by atoms with Gasteiger partial charge < -0.3 is 14.6 Å². The molecule has 0 fully saturated rings. The van der Waals surface area contributed by atoms with Crippen molar-refractivity contribution >= 4 is 23.4 Å². The number of anilines is 1. The van der Waals surface area contributed by atoms with Crippen molar-refractivity contribution in [3.63, 3.8) is 0 Å². The average molecular weight is 422 g/mol. The fraction of sp³-hybridized carbons (Fsp3) is 0.211. The molecule has 152 valence electrons. The van der Waals surface area contributed by atoms with E-state index in [1.54, 1.807) is 18.7 Å². The molecule has 0 saturated heterocycles. The number of benzene rings is 2. The Kier molecular flexibility index (Phi) is 6.12. The molecule has 0 unspecified atom stereocenters. The highest BCUT2D eigenvalue weighted by atomic mass is 32.2. The van der Waals surface area contributed by atoms with Gasteiger partial charge in [0.05, 0.1) is 24.0 Å². The molecule has 0 spiro atoms. The van der Waals surface area contributed by atoms with Crippen LogP contribution in [0.25, 0.3) is 11.4 Å². The maximum Gasteiger partial charge on any atom is 0.416 e. The van der Waals surface area contributed by atoms with Crippen LogP contribution in [0.4, 0.5) is 18.9 Å². The Morgan fingerprint density at radius 1 is 1.14 bits per heavy atom. The minimum absolute atomic E-state index is 0.0267. The van der Waals surface area contributed by atoms with Crippen LogP contribution in [-0.2, 0) is 18.0 Å². The second-order valence-electron chi connectivity index (χ2n) is 5.98. The number of carbonyl (C=O) groups is 1. The van der Waals surface area contributed by atoms with Crippen molar-refractivity contribution in [2.75, 3.05) is 18.2 Å². The number of amides is 1. The maximum atomic E-state index is 12.6. The zero-order chi connectivity index (χ0) is 21.0. The van der Waals surface area contributed by atoms with Crippen LogP contribution in [0.1, 0.15) is 5.56 Å². The number of para-hydroxylation sites is 1. The third kappa shape index (κ3) is 4.89. The Balaban J connectivity index is 1.63. The zero-order valence-corrected chi connectivity index (χ0v) is 16.3. The summed E-state index contributed by atoms with van der Waals surface area (Å²) in [7, 11) is 3.34. The molecule has 0 aliphatic carbocycles. The quantitative estimate of drug-likeness (QED) is 0.602. The number of rotatable bonds is 6. The number of aromatic nitrogens is 3. The van der Waals surface area contributed by atoms with Crippen LogP contribution in [0.15, 0.2) is 53.7 Å². The van der Waals surface area contributed by atoms with Crippen molar-refractivity contribution in [2.45, 2.75) is 11.3 Å². The van der Waals surface area contributed by atoms with Gasteiger partial charge in [0, 0.05) is 12.7 Å². The summed E-state index contributed by atoms with van der Waals surface area (Å²) in [6.45, 7) is 0. The summed E-state index contributed by atoms with van der Waals surface area (Å²) in [6, 6.07) is 11.6. The van der Waals surface area contributed by atoms with Crippen LogP contribution in [0, 0.1) is 0 Å². The molecule has 2 aromatic carbocycles. The second kappa shape index (κ2) is 8.56. The molecule has 29 heavy (non-hydrogen) atoms. The van der Waals surface area contributed by atoms with Crippen molar-refractivity contribution in [2.24, 2.45) is 7.05 Å². The van der Waals surface area contributed by atoms with Gasteiger partial charge in [0.2, 0.25) is 5.91 Å². The smallest absolute Gasteiger partial charge is 0.416 e. The molecule has 0 saturated carbocycles. The largest absolute Gasteiger partial charge is 0.496 e. The molecule has 1 aromatic heterocycles. The van der Waals surface area contributed by atoms with Crippen molar-refractivity contribution in [3.8, 4) is 17.1 Å². The molecule has 0 aliphatic heterocycles. The molecule has 0 aliphatic rings. The number of carbonyl (C=O) groups excluding carboxylic acids is 1. The molecular formula is C19H17F3N4O2S. The van der Waals surface area contributed by atoms with Gasteiger partial charge in [-0.25, -0.2) is 0 Å². The van der Waals surface area contributed by atoms with Crippen molar-refractivity contribution in [1.82, 2.24) is 14.8 Å². The van der Waals surface area contributed by atoms with Gasteiger partial charge in [-0.1, -0.05) is 23.9 Å². The number of nitrogens with zero attached hydrogens (tertiary/aromatic N) is 3. The standard InChI is InChI=1S/C19H17F3N4O2S/c1-26-17(14-5-3-4-6-15(14)28-2)24-25-18(26)29-11-16(27)23-13-9-7-12(8-10-13)19(20,21)22/h3-10H,11H2,1-2H3,(H,23,27). The predicted octanol–water partition coefficient (Wildman–Crippen LogP) is 4.24. The van der Waals surface area contributed by atoms with Crippen LogP contribution in [0.3, 0.4) is 0 Å². The fourth-order valence-electron chi connectivity index (χ4n) is 2.57. The molecule has 1 N–H and O–H groups in total. The summed E-state index contributed by atoms with van der Waals surface area (Å²) in [5, 5.41) is 11.3. The number of methoxy groups -OCH3 is 1. The van der Waals surface area contributed by atoms with Gasteiger partial charge >= 0.3 is 6.18 Å². The van der Waals surface area contributed by atoms with E-state index in [1.807, 2.05) is 24.3 Å². The van der Waals surface area contributed by atoms with Gasteiger partial charge in [-0.05, 0) is 36.4 Å². The van der Waals surface area contributed by atoms with Crippen LogP contribution in [-0.4, -0.2) is 33.5 Å². The lowest BCUT2D eigenvalue weighted by Gasteiger charge is -2.09. The Morgan fingerprint density at radius 2 is 1.83 bits per heavy atom. The normalized spacial score (nSPS) is 11.3. The minimum atomic E-state index is -4.41. The Morgan fingerprint density at radius 3 is 2.48 bits per heavy atom. The average Bonchev–Trinajstić information content (AvgIpc) is 3.06. The SMILES string of the molecule is COc1ccccc1-c1nnc(SCC(=O)Nc2ccc(C(F)(F)F)cc2)n1C. The lowest BCUT2D eigenvalue weighted by molar-refractivity contribution is -0.137. The first-order chi connectivity index (χ1) is 13.8. The topological polar surface area (TPSA) is 69.0 Å². The van der Waals surface area contributed by atoms with Crippen LogP contribution < -0.4 is 10.1 Å². The van der Waals surface area contributed by atoms with E-state index in [-0.39, 0.29) is 17.3 Å². The highest BCUT2D eigenvalue weighted by Crippen LogP contribution is 2.31. The van der Waals surface area contributed by atoms with Gasteiger partial charge in [0.1, 0.15) is 5.75 Å². The third-order valence-corrected chi connectivity index (χ3v) is 5.03. The lowest BCUT2D eigenvalue weighted by atomic mass is 10.2. The fourth-order valence-corrected chi connectivity index (χ4v) is 3.29. The predicted molar refractivity (Wildman–Crippen MR) is 104 cm³/mol. The maximum absolute atomic E-state index is 12.6. The first kappa shape index (κ1) is 20.7. The first-order valence-corrected chi connectivity index (χ1v) is 9.41. The number of hydrogen-bond acceptors (Lipinski definition) is 5. The van der Waals surface area contributed by atoms with E-state index in [2.05, 4.69) is 15.5 Å². The van der Waals surface area contributed by atoms with E-state index in [0.29, 0.717) is 16.7 Å². The zero-order valence-electron chi connectivity index (χ0n) is 15.5. The Labute approximate surface area is 169 Å². The molecule has 0 bridgehead atoms. The molecule has 0 atom stereocenters. The van der Waals surface area contributed by atoms with E-state index in [1.165, 1.54) is 23.9 Å². The monoisotopic (exact) mass is 422 g/mol. The van der Waals surface area contributed by atoms with Crippen LogP contribution in [0.2, 0.25) is 0 Å². The van der Waals surface area contributed by atoms with E-state index >= 15 is 0 Å². The summed E-state index contributed by atoms with van der Waals surface area (Å²) in [6.07, 6.45) is -4.41. The summed E-state index contributed by atoms with van der Waals surface area (Å²) in [5.41, 5.74) is 0.287. The molecule has 1 heterocycles. The number of alkyl halides is 3. The summed E-state index contributed by atoms with van der Waals surface area (Å²) in [5.74, 6) is 0.906. The molecular weight excluding hydrogens is 405 g/mol. The highest BCUT2D eigenvalue weighted by Gasteiger charge is 2.30. The molecule has 6 nitrogen and oxygen atoms in total. The first-order valence-electron chi connectivity index (χ1n) is 8.42. The molecule has 3 rings (SSSR count).